The summed E-state index contributed by atoms with van der Waals surface area (Å²) in [5, 5.41) is 3.30. The van der Waals surface area contributed by atoms with E-state index in [9.17, 15) is 4.79 Å². The summed E-state index contributed by atoms with van der Waals surface area (Å²) in [6, 6.07) is 11.5. The molecular formula is C22H37Cl2N3O. The van der Waals surface area contributed by atoms with Gasteiger partial charge in [0.05, 0.1) is 0 Å². The predicted octanol–water partition coefficient (Wildman–Crippen LogP) is 4.47. The first-order valence-corrected chi connectivity index (χ1v) is 10.4. The van der Waals surface area contributed by atoms with Gasteiger partial charge in [0.15, 0.2) is 0 Å². The van der Waals surface area contributed by atoms with Gasteiger partial charge in [0.1, 0.15) is 0 Å². The normalized spacial score (nSPS) is 21.1. The van der Waals surface area contributed by atoms with Crippen LogP contribution < -0.4 is 11.1 Å². The van der Waals surface area contributed by atoms with Crippen molar-refractivity contribution >= 4 is 30.7 Å². The van der Waals surface area contributed by atoms with Crippen molar-refractivity contribution in [3.63, 3.8) is 0 Å². The molecule has 0 bridgehead atoms. The zero-order valence-corrected chi connectivity index (χ0v) is 18.7. The van der Waals surface area contributed by atoms with Crippen LogP contribution in [-0.4, -0.2) is 36.5 Å². The van der Waals surface area contributed by atoms with E-state index in [-0.39, 0.29) is 36.1 Å². The smallest absolute Gasteiger partial charge is 0.220 e. The van der Waals surface area contributed by atoms with Gasteiger partial charge < -0.3 is 11.1 Å². The zero-order valence-electron chi connectivity index (χ0n) is 17.1. The number of piperidine rings is 1. The minimum Gasteiger partial charge on any atom is -0.353 e. The quantitative estimate of drug-likeness (QED) is 0.700. The Morgan fingerprint density at radius 1 is 1.14 bits per heavy atom. The molecule has 0 radical (unpaired) electrons. The number of rotatable bonds is 6. The summed E-state index contributed by atoms with van der Waals surface area (Å²) in [7, 11) is 0. The largest absolute Gasteiger partial charge is 0.353 e. The monoisotopic (exact) mass is 429 g/mol. The second-order valence-electron chi connectivity index (χ2n) is 8.41. The molecule has 1 saturated heterocycles. The van der Waals surface area contributed by atoms with Gasteiger partial charge in [-0.1, -0.05) is 49.6 Å². The number of carbonyl (C=O) groups excluding carboxylic acids is 1. The lowest BCUT2D eigenvalue weighted by Crippen LogP contribution is -2.47. The van der Waals surface area contributed by atoms with Gasteiger partial charge in [0.25, 0.3) is 0 Å². The highest BCUT2D eigenvalue weighted by atomic mass is 35.5. The second-order valence-corrected chi connectivity index (χ2v) is 8.41. The number of hydrogen-bond acceptors (Lipinski definition) is 3. The first kappa shape index (κ1) is 25.2. The maximum absolute atomic E-state index is 12.6. The highest BCUT2D eigenvalue weighted by molar-refractivity contribution is 5.85. The van der Waals surface area contributed by atoms with E-state index < -0.39 is 0 Å². The van der Waals surface area contributed by atoms with Crippen molar-refractivity contribution in [1.29, 1.82) is 0 Å². The van der Waals surface area contributed by atoms with E-state index in [0.29, 0.717) is 25.0 Å². The average Bonchev–Trinajstić information content (AvgIpc) is 2.69. The van der Waals surface area contributed by atoms with Gasteiger partial charge in [-0.15, -0.1) is 24.8 Å². The number of hydrogen-bond donors (Lipinski definition) is 2. The Hall–Kier alpha value is -0.810. The van der Waals surface area contributed by atoms with Crippen LogP contribution in [0.2, 0.25) is 0 Å². The minimum absolute atomic E-state index is 0. The molecule has 3 rings (SSSR count). The molecule has 1 saturated carbocycles. The van der Waals surface area contributed by atoms with E-state index >= 15 is 0 Å². The van der Waals surface area contributed by atoms with Gasteiger partial charge in [0.2, 0.25) is 5.91 Å². The summed E-state index contributed by atoms with van der Waals surface area (Å²) in [4.78, 5) is 15.1. The number of nitrogens with zero attached hydrogens (tertiary/aromatic N) is 1. The average molecular weight is 430 g/mol. The molecule has 1 aliphatic heterocycles. The van der Waals surface area contributed by atoms with E-state index in [4.69, 9.17) is 5.73 Å². The van der Waals surface area contributed by atoms with E-state index in [1.165, 1.54) is 24.8 Å². The predicted molar refractivity (Wildman–Crippen MR) is 121 cm³/mol. The molecule has 6 heteroatoms. The summed E-state index contributed by atoms with van der Waals surface area (Å²) in [5.74, 6) is 0.215. The molecule has 3 N–H and O–H groups in total. The number of nitrogens with one attached hydrogen (secondary N) is 1. The van der Waals surface area contributed by atoms with Crippen molar-refractivity contribution in [3.8, 4) is 0 Å². The molecule has 28 heavy (non-hydrogen) atoms. The summed E-state index contributed by atoms with van der Waals surface area (Å²) < 4.78 is 0. The van der Waals surface area contributed by atoms with Crippen molar-refractivity contribution < 1.29 is 4.79 Å². The molecule has 1 unspecified atom stereocenters. The molecular weight excluding hydrogens is 393 g/mol. The standard InChI is InChI=1S/C22H35N3O.2ClH/c1-18(19-8-4-2-5-9-19)25-14-10-20(11-15-25)24-21(26)16-22(17-23)12-6-3-7-13-22;;/h2,4-5,8-9,18,20H,3,6-7,10-17,23H2,1H3,(H,24,26);2*1H. The van der Waals surface area contributed by atoms with Gasteiger partial charge in [-0.3, -0.25) is 9.69 Å². The molecule has 0 spiro atoms. The molecule has 160 valence electrons. The van der Waals surface area contributed by atoms with Crippen LogP contribution in [0.15, 0.2) is 30.3 Å². The third-order valence-electron chi connectivity index (χ3n) is 6.61. The molecule has 4 nitrogen and oxygen atoms in total. The number of halogens is 2. The lowest BCUT2D eigenvalue weighted by atomic mass is 9.71. The van der Waals surface area contributed by atoms with Crippen LogP contribution in [-0.2, 0) is 4.79 Å². The van der Waals surface area contributed by atoms with Gasteiger partial charge in [-0.25, -0.2) is 0 Å². The van der Waals surface area contributed by atoms with Gasteiger partial charge in [-0.05, 0) is 50.1 Å². The fourth-order valence-corrected chi connectivity index (χ4v) is 4.75. The Bertz CT molecular complexity index is 570. The SMILES string of the molecule is CC(c1ccccc1)N1CCC(NC(=O)CC2(CN)CCCCC2)CC1.Cl.Cl. The van der Waals surface area contributed by atoms with Crippen LogP contribution in [0.4, 0.5) is 0 Å². The van der Waals surface area contributed by atoms with Crippen LogP contribution in [0.5, 0.6) is 0 Å². The van der Waals surface area contributed by atoms with Crippen molar-refractivity contribution in [2.75, 3.05) is 19.6 Å². The van der Waals surface area contributed by atoms with E-state index in [2.05, 4.69) is 47.5 Å². The molecule has 1 heterocycles. The number of benzene rings is 1. The molecule has 1 aliphatic carbocycles. The van der Waals surface area contributed by atoms with Crippen molar-refractivity contribution in [3.05, 3.63) is 35.9 Å². The molecule has 1 amide bonds. The third-order valence-corrected chi connectivity index (χ3v) is 6.61. The maximum Gasteiger partial charge on any atom is 0.220 e. The highest BCUT2D eigenvalue weighted by Crippen LogP contribution is 2.38. The number of likely N-dealkylation sites (tertiary alicyclic amines) is 1. The molecule has 2 aliphatic rings. The topological polar surface area (TPSA) is 58.4 Å². The zero-order chi connectivity index (χ0) is 18.4. The molecule has 1 aromatic rings. The Labute approximate surface area is 182 Å². The van der Waals surface area contributed by atoms with Crippen LogP contribution in [0.25, 0.3) is 0 Å². The third kappa shape index (κ3) is 6.62. The summed E-state index contributed by atoms with van der Waals surface area (Å²) in [5.41, 5.74) is 7.47. The number of amides is 1. The van der Waals surface area contributed by atoms with Gasteiger partial charge >= 0.3 is 0 Å². The minimum atomic E-state index is 0. The lowest BCUT2D eigenvalue weighted by molar-refractivity contribution is -0.125. The van der Waals surface area contributed by atoms with Crippen LogP contribution >= 0.6 is 24.8 Å². The summed E-state index contributed by atoms with van der Waals surface area (Å²) >= 11 is 0. The van der Waals surface area contributed by atoms with Crippen LogP contribution in [0, 0.1) is 5.41 Å². The van der Waals surface area contributed by atoms with Crippen molar-refractivity contribution in [1.82, 2.24) is 10.2 Å². The van der Waals surface area contributed by atoms with E-state index in [1.54, 1.807) is 0 Å². The first-order valence-electron chi connectivity index (χ1n) is 10.4. The van der Waals surface area contributed by atoms with Gasteiger partial charge in [0, 0.05) is 31.6 Å². The Kier molecular flexibility index (Phi) is 10.8. The highest BCUT2D eigenvalue weighted by Gasteiger charge is 2.34. The van der Waals surface area contributed by atoms with Crippen LogP contribution in [0.1, 0.15) is 69.9 Å². The lowest BCUT2D eigenvalue weighted by Gasteiger charge is -2.38. The molecule has 1 aromatic carbocycles. The van der Waals surface area contributed by atoms with E-state index in [0.717, 1.165) is 38.8 Å². The Balaban J connectivity index is 0.00000196. The Morgan fingerprint density at radius 3 is 2.32 bits per heavy atom. The maximum atomic E-state index is 12.6. The van der Waals surface area contributed by atoms with Crippen LogP contribution in [0.3, 0.4) is 0 Å². The summed E-state index contributed by atoms with van der Waals surface area (Å²) in [6.45, 7) is 5.02. The van der Waals surface area contributed by atoms with Crippen molar-refractivity contribution in [2.24, 2.45) is 11.1 Å². The Morgan fingerprint density at radius 2 is 1.75 bits per heavy atom. The number of nitrogens with two attached hydrogens (primary N) is 1. The van der Waals surface area contributed by atoms with E-state index in [1.807, 2.05) is 0 Å². The van der Waals surface area contributed by atoms with Gasteiger partial charge in [-0.2, -0.15) is 0 Å². The molecule has 2 fully saturated rings. The second kappa shape index (κ2) is 12.0. The molecule has 0 aromatic heterocycles. The fraction of sp³-hybridized carbons (Fsp3) is 0.682. The summed E-state index contributed by atoms with van der Waals surface area (Å²) in [6.07, 6.45) is 8.66. The first-order chi connectivity index (χ1) is 12.6. The molecule has 1 atom stereocenters. The number of carbonyl (C=O) groups is 1. The van der Waals surface area contributed by atoms with Crippen molar-refractivity contribution in [2.45, 2.75) is 70.4 Å². The fourth-order valence-electron chi connectivity index (χ4n) is 4.75.